The first-order valence-corrected chi connectivity index (χ1v) is 5.43. The molecule has 2 heterocycles. The van der Waals surface area contributed by atoms with Crippen LogP contribution in [0.25, 0.3) is 5.69 Å². The molecule has 0 saturated carbocycles. The number of methoxy groups -OCH3 is 1. The highest BCUT2D eigenvalue weighted by Gasteiger charge is 2.24. The molecule has 0 aromatic carbocycles. The summed E-state index contributed by atoms with van der Waals surface area (Å²) < 4.78 is 10.1. The third kappa shape index (κ3) is 1.92. The average molecular weight is 251 g/mol. The number of aromatic nitrogens is 2. The van der Waals surface area contributed by atoms with Crippen molar-refractivity contribution in [2.45, 2.75) is 0 Å². The Morgan fingerprint density at radius 2 is 2.06 bits per heavy atom. The second-order valence-electron chi connectivity index (χ2n) is 3.16. The summed E-state index contributed by atoms with van der Waals surface area (Å²) in [5, 5.41) is 0. The standard InChI is InChI=1S/C10H9N3O3S/c1-16-10(15)8-7(13-4-2-3-5-13)6(9(11)14)12-17-8/h2-5H,1H3,(H2,11,14). The molecule has 0 bridgehead atoms. The molecule has 0 aliphatic heterocycles. The lowest BCUT2D eigenvalue weighted by Crippen LogP contribution is -2.15. The first kappa shape index (κ1) is 11.3. The second-order valence-corrected chi connectivity index (χ2v) is 3.93. The number of ether oxygens (including phenoxy) is 1. The van der Waals surface area contributed by atoms with Gasteiger partial charge in [0, 0.05) is 12.4 Å². The maximum absolute atomic E-state index is 11.5. The van der Waals surface area contributed by atoms with E-state index in [0.29, 0.717) is 5.69 Å². The minimum Gasteiger partial charge on any atom is -0.465 e. The van der Waals surface area contributed by atoms with Gasteiger partial charge in [0.05, 0.1) is 7.11 Å². The molecule has 0 unspecified atom stereocenters. The summed E-state index contributed by atoms with van der Waals surface area (Å²) in [6.45, 7) is 0. The smallest absolute Gasteiger partial charge is 0.351 e. The van der Waals surface area contributed by atoms with Crippen molar-refractivity contribution in [3.8, 4) is 5.69 Å². The van der Waals surface area contributed by atoms with Crippen LogP contribution in [0, 0.1) is 0 Å². The normalized spacial score (nSPS) is 10.2. The number of primary amides is 1. The summed E-state index contributed by atoms with van der Waals surface area (Å²) in [6, 6.07) is 3.53. The number of rotatable bonds is 3. The molecule has 2 N–H and O–H groups in total. The molecule has 0 aliphatic rings. The number of esters is 1. The molecule has 2 aromatic rings. The predicted molar refractivity (Wildman–Crippen MR) is 61.3 cm³/mol. The molecule has 1 amide bonds. The third-order valence-corrected chi connectivity index (χ3v) is 2.95. The van der Waals surface area contributed by atoms with Crippen molar-refractivity contribution < 1.29 is 14.3 Å². The molecule has 2 aromatic heterocycles. The van der Waals surface area contributed by atoms with Crippen LogP contribution in [0.1, 0.15) is 20.2 Å². The van der Waals surface area contributed by atoms with Gasteiger partial charge < -0.3 is 15.0 Å². The maximum atomic E-state index is 11.5. The molecule has 88 valence electrons. The van der Waals surface area contributed by atoms with Crippen LogP contribution in [0.3, 0.4) is 0 Å². The molecule has 0 aliphatic carbocycles. The first-order valence-electron chi connectivity index (χ1n) is 4.66. The Balaban J connectivity index is 2.63. The van der Waals surface area contributed by atoms with Gasteiger partial charge in [0.25, 0.3) is 5.91 Å². The summed E-state index contributed by atoms with van der Waals surface area (Å²) in [4.78, 5) is 23.0. The number of nitrogens with two attached hydrogens (primary N) is 1. The SMILES string of the molecule is COC(=O)c1snc(C(N)=O)c1-n1cccc1. The monoisotopic (exact) mass is 251 g/mol. The Kier molecular flexibility index (Phi) is 2.92. The lowest BCUT2D eigenvalue weighted by molar-refractivity contribution is 0.0606. The van der Waals surface area contributed by atoms with Gasteiger partial charge in [-0.1, -0.05) is 0 Å². The van der Waals surface area contributed by atoms with Gasteiger partial charge in [-0.05, 0) is 23.7 Å². The maximum Gasteiger partial charge on any atom is 0.351 e. The van der Waals surface area contributed by atoms with Gasteiger partial charge in [0.2, 0.25) is 0 Å². The van der Waals surface area contributed by atoms with E-state index in [0.717, 1.165) is 11.5 Å². The zero-order chi connectivity index (χ0) is 12.4. The molecule has 2 rings (SSSR count). The number of hydrogen-bond acceptors (Lipinski definition) is 5. The van der Waals surface area contributed by atoms with Crippen molar-refractivity contribution in [2.24, 2.45) is 5.73 Å². The number of carbonyl (C=O) groups excluding carboxylic acids is 2. The van der Waals surface area contributed by atoms with Gasteiger partial charge in [-0.25, -0.2) is 4.79 Å². The fourth-order valence-electron chi connectivity index (χ4n) is 1.40. The minimum atomic E-state index is -0.680. The van der Waals surface area contributed by atoms with Crippen LogP contribution < -0.4 is 5.73 Å². The number of amides is 1. The lowest BCUT2D eigenvalue weighted by atomic mass is 10.3. The molecule has 17 heavy (non-hydrogen) atoms. The van der Waals surface area contributed by atoms with Gasteiger partial charge >= 0.3 is 5.97 Å². The fraction of sp³-hybridized carbons (Fsp3) is 0.100. The predicted octanol–water partition coefficient (Wildman–Crippen LogP) is 0.819. The molecule has 0 saturated heterocycles. The van der Waals surface area contributed by atoms with Crippen LogP contribution in [0.15, 0.2) is 24.5 Å². The molecule has 7 heteroatoms. The van der Waals surface area contributed by atoms with Gasteiger partial charge in [-0.2, -0.15) is 4.37 Å². The van der Waals surface area contributed by atoms with Crippen LogP contribution in [0.4, 0.5) is 0 Å². The molecule has 0 spiro atoms. The van der Waals surface area contributed by atoms with Crippen LogP contribution in [-0.2, 0) is 4.74 Å². The van der Waals surface area contributed by atoms with Gasteiger partial charge in [0.15, 0.2) is 10.6 Å². The van der Waals surface area contributed by atoms with Crippen molar-refractivity contribution in [3.63, 3.8) is 0 Å². The lowest BCUT2D eigenvalue weighted by Gasteiger charge is -2.04. The van der Waals surface area contributed by atoms with E-state index in [1.54, 1.807) is 29.1 Å². The number of carbonyl (C=O) groups is 2. The Bertz CT molecular complexity index is 559. The number of hydrogen-bond donors (Lipinski definition) is 1. The van der Waals surface area contributed by atoms with E-state index in [2.05, 4.69) is 9.11 Å². The van der Waals surface area contributed by atoms with E-state index in [1.807, 2.05) is 0 Å². The number of nitrogens with zero attached hydrogens (tertiary/aromatic N) is 2. The van der Waals surface area contributed by atoms with Crippen molar-refractivity contribution >= 4 is 23.4 Å². The minimum absolute atomic E-state index is 0.0617. The van der Waals surface area contributed by atoms with E-state index in [-0.39, 0.29) is 10.6 Å². The molecule has 0 radical (unpaired) electrons. The highest BCUT2D eigenvalue weighted by Crippen LogP contribution is 2.24. The third-order valence-electron chi connectivity index (χ3n) is 2.13. The molecule has 0 atom stereocenters. The van der Waals surface area contributed by atoms with Gasteiger partial charge in [-0.3, -0.25) is 4.79 Å². The first-order chi connectivity index (χ1) is 8.15. The van der Waals surface area contributed by atoms with E-state index >= 15 is 0 Å². The highest BCUT2D eigenvalue weighted by molar-refractivity contribution is 7.08. The van der Waals surface area contributed by atoms with Crippen molar-refractivity contribution in [1.29, 1.82) is 0 Å². The Morgan fingerprint density at radius 1 is 1.41 bits per heavy atom. The highest BCUT2D eigenvalue weighted by atomic mass is 32.1. The van der Waals surface area contributed by atoms with Gasteiger partial charge in [0.1, 0.15) is 5.69 Å². The van der Waals surface area contributed by atoms with Crippen LogP contribution in [0.2, 0.25) is 0 Å². The Labute approximate surface area is 101 Å². The summed E-state index contributed by atoms with van der Waals surface area (Å²) >= 11 is 0.889. The topological polar surface area (TPSA) is 87.2 Å². The Hall–Kier alpha value is -2.15. The van der Waals surface area contributed by atoms with E-state index in [4.69, 9.17) is 5.73 Å². The summed E-state index contributed by atoms with van der Waals surface area (Å²) in [7, 11) is 1.27. The summed E-state index contributed by atoms with van der Waals surface area (Å²) in [5.41, 5.74) is 5.64. The zero-order valence-electron chi connectivity index (χ0n) is 8.91. The quantitative estimate of drug-likeness (QED) is 0.818. The van der Waals surface area contributed by atoms with Crippen LogP contribution in [-0.4, -0.2) is 27.9 Å². The zero-order valence-corrected chi connectivity index (χ0v) is 9.73. The fourth-order valence-corrected chi connectivity index (χ4v) is 2.20. The van der Waals surface area contributed by atoms with Gasteiger partial charge in [-0.15, -0.1) is 0 Å². The van der Waals surface area contributed by atoms with Crippen molar-refractivity contribution in [3.05, 3.63) is 35.1 Å². The molecular formula is C10H9N3O3S. The average Bonchev–Trinajstić information content (AvgIpc) is 2.95. The molecule has 6 nitrogen and oxygen atoms in total. The molecular weight excluding hydrogens is 242 g/mol. The summed E-state index contributed by atoms with van der Waals surface area (Å²) in [6.07, 6.45) is 3.39. The van der Waals surface area contributed by atoms with Crippen LogP contribution in [0.5, 0.6) is 0 Å². The van der Waals surface area contributed by atoms with E-state index in [9.17, 15) is 9.59 Å². The molecule has 0 fully saturated rings. The van der Waals surface area contributed by atoms with E-state index < -0.39 is 11.9 Å². The largest absolute Gasteiger partial charge is 0.465 e. The van der Waals surface area contributed by atoms with E-state index in [1.165, 1.54) is 7.11 Å². The summed E-state index contributed by atoms with van der Waals surface area (Å²) in [5.74, 6) is -1.22. The Morgan fingerprint density at radius 3 is 2.59 bits per heavy atom. The van der Waals surface area contributed by atoms with Crippen molar-refractivity contribution in [2.75, 3.05) is 7.11 Å². The van der Waals surface area contributed by atoms with Crippen LogP contribution >= 0.6 is 11.5 Å². The van der Waals surface area contributed by atoms with Crippen molar-refractivity contribution in [1.82, 2.24) is 8.94 Å². The second kappa shape index (κ2) is 4.38.